The van der Waals surface area contributed by atoms with E-state index in [0.717, 1.165) is 22.0 Å². The van der Waals surface area contributed by atoms with E-state index < -0.39 is 0 Å². The van der Waals surface area contributed by atoms with Crippen molar-refractivity contribution in [3.63, 3.8) is 0 Å². The van der Waals surface area contributed by atoms with Gasteiger partial charge in [-0.25, -0.2) is 0 Å². The molecule has 1 fully saturated rings. The number of carbonyl (C=O) groups excluding carboxylic acids is 1. The molecule has 0 spiro atoms. The van der Waals surface area contributed by atoms with E-state index in [1.807, 2.05) is 29.2 Å². The van der Waals surface area contributed by atoms with E-state index in [1.54, 1.807) is 0 Å². The van der Waals surface area contributed by atoms with Crippen molar-refractivity contribution >= 4 is 40.1 Å². The second-order valence-electron chi connectivity index (χ2n) is 4.96. The normalized spacial score (nSPS) is 16.3. The van der Waals surface area contributed by atoms with Crippen molar-refractivity contribution in [1.29, 1.82) is 0 Å². The Morgan fingerprint density at radius 2 is 1.95 bits per heavy atom. The van der Waals surface area contributed by atoms with E-state index in [4.69, 9.17) is 11.6 Å². The van der Waals surface area contributed by atoms with Gasteiger partial charge in [-0.3, -0.25) is 4.79 Å². The molecule has 1 aliphatic carbocycles. The van der Waals surface area contributed by atoms with E-state index >= 15 is 0 Å². The summed E-state index contributed by atoms with van der Waals surface area (Å²) in [6.07, 6.45) is 5.98. The molecule has 0 unspecified atom stereocenters. The van der Waals surface area contributed by atoms with Gasteiger partial charge in [0.15, 0.2) is 0 Å². The lowest BCUT2D eigenvalue weighted by molar-refractivity contribution is 0.0648. The Kier molecular flexibility index (Phi) is 5.95. The molecular weight excluding hydrogens is 373 g/mol. The minimum Gasteiger partial charge on any atom is -0.334 e. The van der Waals surface area contributed by atoms with Gasteiger partial charge in [0.25, 0.3) is 5.91 Å². The summed E-state index contributed by atoms with van der Waals surface area (Å²) >= 11 is 8.12. The fourth-order valence-electron chi connectivity index (χ4n) is 2.72. The number of alkyl halides is 1. The number of hydrogen-bond donors (Lipinski definition) is 0. The lowest BCUT2D eigenvalue weighted by atomic mass is 9.93. The summed E-state index contributed by atoms with van der Waals surface area (Å²) in [5.74, 6) is 0.642. The quantitative estimate of drug-likeness (QED) is 0.553. The molecule has 0 aliphatic heterocycles. The fraction of sp³-hybridized carbons (Fsp3) is 0.533. The van der Waals surface area contributed by atoms with Crippen LogP contribution in [0.5, 0.6) is 0 Å². The Labute approximate surface area is 133 Å². The molecule has 1 aromatic rings. The predicted octanol–water partition coefficient (Wildman–Crippen LogP) is 4.30. The lowest BCUT2D eigenvalue weighted by Crippen LogP contribution is -2.42. The summed E-state index contributed by atoms with van der Waals surface area (Å²) < 4.78 is 1.01. The molecule has 104 valence electrons. The number of nitrogens with zero attached hydrogens (tertiary/aromatic N) is 1. The predicted molar refractivity (Wildman–Crippen MR) is 87.8 cm³/mol. The van der Waals surface area contributed by atoms with E-state index in [0.29, 0.717) is 18.5 Å². The van der Waals surface area contributed by atoms with E-state index in [9.17, 15) is 4.79 Å². The number of benzene rings is 1. The summed E-state index contributed by atoms with van der Waals surface area (Å²) in [6, 6.07) is 8.15. The first kappa shape index (κ1) is 15.1. The standard InChI is InChI=1S/C15H19ClINO/c16-10-11-18(12-6-2-1-3-7-12)15(19)13-8-4-5-9-14(13)17/h4-5,8-9,12H,1-3,6-7,10-11H2. The maximum Gasteiger partial charge on any atom is 0.255 e. The Morgan fingerprint density at radius 1 is 1.26 bits per heavy atom. The van der Waals surface area contributed by atoms with Gasteiger partial charge in [-0.15, -0.1) is 11.6 Å². The highest BCUT2D eigenvalue weighted by Gasteiger charge is 2.26. The van der Waals surface area contributed by atoms with Crippen LogP contribution < -0.4 is 0 Å². The Bertz CT molecular complexity index is 432. The first-order chi connectivity index (χ1) is 9.24. The van der Waals surface area contributed by atoms with E-state index in [-0.39, 0.29) is 5.91 Å². The zero-order chi connectivity index (χ0) is 13.7. The maximum atomic E-state index is 12.7. The Hall–Kier alpha value is -0.290. The zero-order valence-corrected chi connectivity index (χ0v) is 13.9. The van der Waals surface area contributed by atoms with Gasteiger partial charge in [-0.05, 0) is 47.6 Å². The SMILES string of the molecule is O=C(c1ccccc1I)N(CCCl)C1CCCCC1. The van der Waals surface area contributed by atoms with Crippen molar-refractivity contribution in [2.75, 3.05) is 12.4 Å². The molecule has 0 radical (unpaired) electrons. The van der Waals surface area contributed by atoms with Crippen LogP contribution in [0.3, 0.4) is 0 Å². The van der Waals surface area contributed by atoms with E-state index in [2.05, 4.69) is 22.6 Å². The molecule has 0 aromatic heterocycles. The van der Waals surface area contributed by atoms with Gasteiger partial charge in [0.2, 0.25) is 0 Å². The molecule has 0 heterocycles. The molecule has 0 saturated heterocycles. The van der Waals surface area contributed by atoms with Crippen molar-refractivity contribution in [2.45, 2.75) is 38.1 Å². The largest absolute Gasteiger partial charge is 0.334 e. The number of amides is 1. The molecule has 19 heavy (non-hydrogen) atoms. The number of hydrogen-bond acceptors (Lipinski definition) is 1. The van der Waals surface area contributed by atoms with Crippen LogP contribution >= 0.6 is 34.2 Å². The van der Waals surface area contributed by atoms with Crippen LogP contribution in [-0.2, 0) is 0 Å². The van der Waals surface area contributed by atoms with Crippen LogP contribution in [0.25, 0.3) is 0 Å². The molecule has 0 N–H and O–H groups in total. The highest BCUT2D eigenvalue weighted by molar-refractivity contribution is 14.1. The van der Waals surface area contributed by atoms with Crippen LogP contribution in [0.4, 0.5) is 0 Å². The second-order valence-corrected chi connectivity index (χ2v) is 6.50. The molecule has 1 amide bonds. The summed E-state index contributed by atoms with van der Waals surface area (Å²) in [5, 5.41) is 0. The Balaban J connectivity index is 2.18. The van der Waals surface area contributed by atoms with Gasteiger partial charge in [0.1, 0.15) is 0 Å². The molecular formula is C15H19ClINO. The van der Waals surface area contributed by atoms with Crippen LogP contribution in [0.15, 0.2) is 24.3 Å². The van der Waals surface area contributed by atoms with Gasteiger partial charge in [0.05, 0.1) is 5.56 Å². The minimum absolute atomic E-state index is 0.137. The monoisotopic (exact) mass is 391 g/mol. The third kappa shape index (κ3) is 3.85. The van der Waals surface area contributed by atoms with Crippen LogP contribution in [0.1, 0.15) is 42.5 Å². The smallest absolute Gasteiger partial charge is 0.255 e. The van der Waals surface area contributed by atoms with Gasteiger partial charge < -0.3 is 4.90 Å². The van der Waals surface area contributed by atoms with Crippen LogP contribution in [0, 0.1) is 3.57 Å². The molecule has 4 heteroatoms. The van der Waals surface area contributed by atoms with Crippen molar-refractivity contribution in [2.24, 2.45) is 0 Å². The Morgan fingerprint density at radius 3 is 2.58 bits per heavy atom. The van der Waals surface area contributed by atoms with Gasteiger partial charge in [-0.1, -0.05) is 31.4 Å². The average Bonchev–Trinajstić information content (AvgIpc) is 2.45. The van der Waals surface area contributed by atoms with Crippen LogP contribution in [-0.4, -0.2) is 29.3 Å². The first-order valence-corrected chi connectivity index (χ1v) is 8.47. The summed E-state index contributed by atoms with van der Waals surface area (Å²) in [4.78, 5) is 14.7. The van der Waals surface area contributed by atoms with Gasteiger partial charge in [-0.2, -0.15) is 0 Å². The summed E-state index contributed by atoms with van der Waals surface area (Å²) in [6.45, 7) is 0.649. The molecule has 2 nitrogen and oxygen atoms in total. The molecule has 0 bridgehead atoms. The average molecular weight is 392 g/mol. The van der Waals surface area contributed by atoms with Gasteiger partial charge >= 0.3 is 0 Å². The summed E-state index contributed by atoms with van der Waals surface area (Å²) in [7, 11) is 0. The van der Waals surface area contributed by atoms with Crippen molar-refractivity contribution in [3.05, 3.63) is 33.4 Å². The van der Waals surface area contributed by atoms with Crippen molar-refractivity contribution in [3.8, 4) is 0 Å². The number of rotatable bonds is 4. The molecule has 2 rings (SSSR count). The lowest BCUT2D eigenvalue weighted by Gasteiger charge is -2.34. The first-order valence-electron chi connectivity index (χ1n) is 6.85. The molecule has 1 aliphatic rings. The second kappa shape index (κ2) is 7.48. The van der Waals surface area contributed by atoms with Crippen molar-refractivity contribution < 1.29 is 4.79 Å². The zero-order valence-electron chi connectivity index (χ0n) is 10.9. The van der Waals surface area contributed by atoms with Crippen LogP contribution in [0.2, 0.25) is 0 Å². The summed E-state index contributed by atoms with van der Waals surface area (Å²) in [5.41, 5.74) is 0.804. The minimum atomic E-state index is 0.137. The molecule has 1 aromatic carbocycles. The van der Waals surface area contributed by atoms with E-state index in [1.165, 1.54) is 19.3 Å². The highest BCUT2D eigenvalue weighted by atomic mass is 127. The number of carbonyl (C=O) groups is 1. The highest BCUT2D eigenvalue weighted by Crippen LogP contribution is 2.25. The fourth-order valence-corrected chi connectivity index (χ4v) is 3.52. The molecule has 1 saturated carbocycles. The van der Waals surface area contributed by atoms with Crippen molar-refractivity contribution in [1.82, 2.24) is 4.90 Å². The maximum absolute atomic E-state index is 12.7. The molecule has 0 atom stereocenters. The number of halogens is 2. The third-order valence-corrected chi connectivity index (χ3v) is 4.82. The topological polar surface area (TPSA) is 20.3 Å². The third-order valence-electron chi connectivity index (χ3n) is 3.71. The van der Waals surface area contributed by atoms with Gasteiger partial charge in [0, 0.05) is 22.0 Å².